The summed E-state index contributed by atoms with van der Waals surface area (Å²) in [7, 11) is 2.97. The maximum Gasteiger partial charge on any atom is 0.179 e. The number of methoxy groups -OCH3 is 2. The molecule has 0 heterocycles. The van der Waals surface area contributed by atoms with Crippen LogP contribution >= 0.6 is 11.6 Å². The Morgan fingerprint density at radius 1 is 1.14 bits per heavy atom. The summed E-state index contributed by atoms with van der Waals surface area (Å²) in [5.41, 5.74) is 1.78. The fourth-order valence-electron chi connectivity index (χ4n) is 2.18. The molecule has 0 spiro atoms. The van der Waals surface area contributed by atoms with Crippen molar-refractivity contribution in [1.29, 1.82) is 0 Å². The van der Waals surface area contributed by atoms with E-state index in [0.29, 0.717) is 27.6 Å². The van der Waals surface area contributed by atoms with Gasteiger partial charge in [0.05, 0.1) is 19.2 Å². The molecule has 2 rings (SSSR count). The Balaban J connectivity index is 2.50. The lowest BCUT2D eigenvalue weighted by Gasteiger charge is -2.17. The molecule has 0 fully saturated rings. The van der Waals surface area contributed by atoms with Crippen LogP contribution in [0.4, 0.5) is 4.39 Å². The van der Waals surface area contributed by atoms with E-state index in [-0.39, 0.29) is 0 Å². The number of aryl methyl sites for hydroxylation is 1. The fourth-order valence-corrected chi connectivity index (χ4v) is 2.48. The lowest BCUT2D eigenvalue weighted by molar-refractivity contribution is 0.218. The van der Waals surface area contributed by atoms with Crippen molar-refractivity contribution in [3.05, 3.63) is 57.9 Å². The van der Waals surface area contributed by atoms with Gasteiger partial charge in [0.2, 0.25) is 0 Å². The number of hydrogen-bond donors (Lipinski definition) is 1. The van der Waals surface area contributed by atoms with Crippen LogP contribution in [0.5, 0.6) is 11.5 Å². The van der Waals surface area contributed by atoms with Gasteiger partial charge in [-0.1, -0.05) is 17.7 Å². The van der Waals surface area contributed by atoms with E-state index in [2.05, 4.69) is 0 Å². The second-order valence-electron chi connectivity index (χ2n) is 4.64. The molecule has 1 atom stereocenters. The second-order valence-corrected chi connectivity index (χ2v) is 5.05. The van der Waals surface area contributed by atoms with Gasteiger partial charge in [0.1, 0.15) is 11.9 Å². The number of aliphatic hydroxyl groups excluding tert-OH is 1. The lowest BCUT2D eigenvalue weighted by atomic mass is 9.97. The molecule has 21 heavy (non-hydrogen) atoms. The molecule has 0 saturated carbocycles. The quantitative estimate of drug-likeness (QED) is 0.931. The van der Waals surface area contributed by atoms with Gasteiger partial charge in [0.15, 0.2) is 11.5 Å². The number of halogens is 2. The van der Waals surface area contributed by atoms with E-state index in [4.69, 9.17) is 21.1 Å². The van der Waals surface area contributed by atoms with Crippen LogP contribution in [0.3, 0.4) is 0 Å². The Labute approximate surface area is 127 Å². The van der Waals surface area contributed by atoms with Crippen LogP contribution in [0.25, 0.3) is 0 Å². The molecule has 0 saturated heterocycles. The molecule has 0 aliphatic heterocycles. The van der Waals surface area contributed by atoms with E-state index in [1.165, 1.54) is 26.4 Å². The first-order chi connectivity index (χ1) is 9.97. The van der Waals surface area contributed by atoms with Crippen molar-refractivity contribution in [2.24, 2.45) is 0 Å². The molecule has 1 N–H and O–H groups in total. The minimum absolute atomic E-state index is 0.319. The Hall–Kier alpha value is -1.78. The van der Waals surface area contributed by atoms with E-state index >= 15 is 0 Å². The SMILES string of the molecule is COc1cc(C(O)c2cc(F)ccc2C)cc(Cl)c1OC. The summed E-state index contributed by atoms with van der Waals surface area (Å²) in [6.45, 7) is 1.81. The van der Waals surface area contributed by atoms with Crippen LogP contribution in [0, 0.1) is 12.7 Å². The van der Waals surface area contributed by atoms with Gasteiger partial charge in [-0.15, -0.1) is 0 Å². The first kappa shape index (κ1) is 15.6. The molecule has 5 heteroatoms. The third kappa shape index (κ3) is 3.12. The molecule has 0 bridgehead atoms. The predicted octanol–water partition coefficient (Wildman–Crippen LogP) is 3.89. The van der Waals surface area contributed by atoms with E-state index < -0.39 is 11.9 Å². The summed E-state index contributed by atoms with van der Waals surface area (Å²) < 4.78 is 23.7. The van der Waals surface area contributed by atoms with Gasteiger partial charge in [0.25, 0.3) is 0 Å². The van der Waals surface area contributed by atoms with Gasteiger partial charge < -0.3 is 14.6 Å². The van der Waals surface area contributed by atoms with Gasteiger partial charge in [-0.3, -0.25) is 0 Å². The lowest BCUT2D eigenvalue weighted by Crippen LogP contribution is -2.04. The zero-order chi connectivity index (χ0) is 15.6. The third-order valence-corrected chi connectivity index (χ3v) is 3.59. The summed E-state index contributed by atoms with van der Waals surface area (Å²) in [6, 6.07) is 7.49. The van der Waals surface area contributed by atoms with Crippen molar-refractivity contribution < 1.29 is 19.0 Å². The van der Waals surface area contributed by atoms with Crippen molar-refractivity contribution in [3.8, 4) is 11.5 Å². The molecule has 3 nitrogen and oxygen atoms in total. The molecule has 1 unspecified atom stereocenters. The van der Waals surface area contributed by atoms with Gasteiger partial charge in [0, 0.05) is 0 Å². The summed E-state index contributed by atoms with van der Waals surface area (Å²) >= 11 is 6.13. The topological polar surface area (TPSA) is 38.7 Å². The predicted molar refractivity (Wildman–Crippen MR) is 79.8 cm³/mol. The highest BCUT2D eigenvalue weighted by Gasteiger charge is 2.18. The summed E-state index contributed by atoms with van der Waals surface area (Å²) in [5, 5.41) is 10.8. The molecule has 0 aromatic heterocycles. The van der Waals surface area contributed by atoms with Crippen LogP contribution in [-0.2, 0) is 0 Å². The Morgan fingerprint density at radius 2 is 1.86 bits per heavy atom. The monoisotopic (exact) mass is 310 g/mol. The molecule has 0 radical (unpaired) electrons. The smallest absolute Gasteiger partial charge is 0.179 e. The highest BCUT2D eigenvalue weighted by molar-refractivity contribution is 6.32. The Bertz CT molecular complexity index is 658. The standard InChI is InChI=1S/C16H16ClFO3/c1-9-4-5-11(18)8-12(9)15(19)10-6-13(17)16(21-3)14(7-10)20-2/h4-8,15,19H,1-3H3. The first-order valence-corrected chi connectivity index (χ1v) is 6.71. The number of hydrogen-bond acceptors (Lipinski definition) is 3. The number of aliphatic hydroxyl groups is 1. The van der Waals surface area contributed by atoms with Gasteiger partial charge >= 0.3 is 0 Å². The maximum absolute atomic E-state index is 13.4. The van der Waals surface area contributed by atoms with Crippen LogP contribution in [0.15, 0.2) is 30.3 Å². The summed E-state index contributed by atoms with van der Waals surface area (Å²) in [4.78, 5) is 0. The molecule has 2 aromatic rings. The normalized spacial score (nSPS) is 12.1. The van der Waals surface area contributed by atoms with Gasteiger partial charge in [-0.05, 0) is 47.9 Å². The molecule has 0 aliphatic carbocycles. The van der Waals surface area contributed by atoms with Crippen LogP contribution < -0.4 is 9.47 Å². The molecular formula is C16H16ClFO3. The molecule has 2 aromatic carbocycles. The summed E-state index contributed by atoms with van der Waals surface area (Å²) in [6.07, 6.45) is -1.00. The Morgan fingerprint density at radius 3 is 2.48 bits per heavy atom. The first-order valence-electron chi connectivity index (χ1n) is 6.33. The average Bonchev–Trinajstić information content (AvgIpc) is 2.48. The number of ether oxygens (including phenoxy) is 2. The van der Waals surface area contributed by atoms with Crippen molar-refractivity contribution >= 4 is 11.6 Å². The summed E-state index contributed by atoms with van der Waals surface area (Å²) in [5.74, 6) is 0.403. The number of benzene rings is 2. The number of rotatable bonds is 4. The second kappa shape index (κ2) is 6.33. The highest BCUT2D eigenvalue weighted by Crippen LogP contribution is 2.39. The zero-order valence-electron chi connectivity index (χ0n) is 12.0. The van der Waals surface area contributed by atoms with E-state index in [1.54, 1.807) is 25.1 Å². The van der Waals surface area contributed by atoms with E-state index in [0.717, 1.165) is 5.56 Å². The van der Waals surface area contributed by atoms with Crippen molar-refractivity contribution in [1.82, 2.24) is 0 Å². The van der Waals surface area contributed by atoms with Crippen LogP contribution in [-0.4, -0.2) is 19.3 Å². The molecule has 0 aliphatic rings. The van der Waals surface area contributed by atoms with E-state index in [9.17, 15) is 9.50 Å². The minimum atomic E-state index is -1.00. The average molecular weight is 311 g/mol. The molecular weight excluding hydrogens is 295 g/mol. The molecule has 112 valence electrons. The van der Waals surface area contributed by atoms with Gasteiger partial charge in [-0.2, -0.15) is 0 Å². The van der Waals surface area contributed by atoms with E-state index in [1.807, 2.05) is 0 Å². The Kier molecular flexibility index (Phi) is 4.70. The molecule has 0 amide bonds. The van der Waals surface area contributed by atoms with Gasteiger partial charge in [-0.25, -0.2) is 4.39 Å². The van der Waals surface area contributed by atoms with Crippen molar-refractivity contribution in [2.45, 2.75) is 13.0 Å². The van der Waals surface area contributed by atoms with Crippen LogP contribution in [0.2, 0.25) is 5.02 Å². The maximum atomic E-state index is 13.4. The fraction of sp³-hybridized carbons (Fsp3) is 0.250. The third-order valence-electron chi connectivity index (χ3n) is 3.31. The van der Waals surface area contributed by atoms with Crippen LogP contribution in [0.1, 0.15) is 22.8 Å². The van der Waals surface area contributed by atoms with Crippen molar-refractivity contribution in [2.75, 3.05) is 14.2 Å². The highest BCUT2D eigenvalue weighted by atomic mass is 35.5. The largest absolute Gasteiger partial charge is 0.493 e. The zero-order valence-corrected chi connectivity index (χ0v) is 12.7. The van der Waals surface area contributed by atoms with Crippen molar-refractivity contribution in [3.63, 3.8) is 0 Å². The minimum Gasteiger partial charge on any atom is -0.493 e.